The number of nitrogens with one attached hydrogen (secondary N) is 2. The summed E-state index contributed by atoms with van der Waals surface area (Å²) in [4.78, 5) is 13.3. The van der Waals surface area contributed by atoms with Crippen molar-refractivity contribution in [2.24, 2.45) is 5.92 Å². The molecule has 18 heavy (non-hydrogen) atoms. The number of halogens is 1. The highest BCUT2D eigenvalue weighted by molar-refractivity contribution is 8.04. The van der Waals surface area contributed by atoms with Crippen LogP contribution in [0.2, 0.25) is 5.02 Å². The van der Waals surface area contributed by atoms with Gasteiger partial charge in [0.15, 0.2) is 0 Å². The molecule has 0 spiro atoms. The average Bonchev–Trinajstić information content (AvgIpc) is 2.68. The van der Waals surface area contributed by atoms with Gasteiger partial charge in [-0.3, -0.25) is 10.1 Å². The maximum Gasteiger partial charge on any atom is 0.231 e. The van der Waals surface area contributed by atoms with Gasteiger partial charge in [0.05, 0.1) is 18.0 Å². The number of carbonyl (C=O) groups excluding carboxylic acids is 1. The Kier molecular flexibility index (Phi) is 3.09. The quantitative estimate of drug-likeness (QED) is 0.830. The van der Waals surface area contributed by atoms with Gasteiger partial charge >= 0.3 is 0 Å². The molecule has 0 saturated carbocycles. The van der Waals surface area contributed by atoms with Crippen molar-refractivity contribution in [3.8, 4) is 0 Å². The summed E-state index contributed by atoms with van der Waals surface area (Å²) in [6.45, 7) is 2.62. The molecule has 1 aromatic carbocycles. The fourth-order valence-corrected chi connectivity index (χ4v) is 3.92. The summed E-state index contributed by atoms with van der Waals surface area (Å²) in [5, 5.41) is 7.05. The van der Waals surface area contributed by atoms with Gasteiger partial charge in [-0.2, -0.15) is 0 Å². The number of thioether (sulfide) groups is 1. The zero-order valence-electron chi connectivity index (χ0n) is 9.87. The lowest BCUT2D eigenvalue weighted by atomic mass is 9.90. The minimum absolute atomic E-state index is 0.105. The lowest BCUT2D eigenvalue weighted by Crippen LogP contribution is -2.52. The zero-order chi connectivity index (χ0) is 12.7. The van der Waals surface area contributed by atoms with E-state index in [1.807, 2.05) is 24.3 Å². The van der Waals surface area contributed by atoms with Crippen molar-refractivity contribution in [2.45, 2.75) is 12.3 Å². The number of hydrogen-bond acceptors (Lipinski definition) is 3. The lowest BCUT2D eigenvalue weighted by molar-refractivity contribution is -0.124. The van der Waals surface area contributed by atoms with Crippen LogP contribution in [0.5, 0.6) is 0 Å². The molecule has 1 fully saturated rings. The third kappa shape index (κ3) is 1.94. The van der Waals surface area contributed by atoms with Gasteiger partial charge in [-0.05, 0) is 35.1 Å². The van der Waals surface area contributed by atoms with E-state index in [1.54, 1.807) is 11.8 Å². The van der Waals surface area contributed by atoms with E-state index in [9.17, 15) is 4.79 Å². The Bertz CT molecular complexity index is 526. The molecule has 3 rings (SSSR count). The fraction of sp³-hybridized carbons (Fsp3) is 0.308. The second kappa shape index (κ2) is 4.61. The fourth-order valence-electron chi connectivity index (χ4n) is 2.48. The molecule has 2 aliphatic heterocycles. The molecule has 0 aromatic heterocycles. The molecule has 3 nitrogen and oxygen atoms in total. The standard InChI is InChI=1S/C13H13ClN2OS/c1-7-10(8-2-4-9(14)5-3-8)11-12(17)15-6-16-13(11)18-7/h2-5,11,13,16H,6H2,1H3,(H,15,17). The predicted octanol–water partition coefficient (Wildman–Crippen LogP) is 2.44. The van der Waals surface area contributed by atoms with Crippen LogP contribution in [0.25, 0.3) is 5.57 Å². The lowest BCUT2D eigenvalue weighted by Gasteiger charge is -2.27. The minimum atomic E-state index is -0.107. The van der Waals surface area contributed by atoms with Gasteiger partial charge in [0.25, 0.3) is 0 Å². The Labute approximate surface area is 115 Å². The Balaban J connectivity index is 2.01. The van der Waals surface area contributed by atoms with Crippen LogP contribution in [0.15, 0.2) is 29.2 Å². The minimum Gasteiger partial charge on any atom is -0.343 e. The van der Waals surface area contributed by atoms with Gasteiger partial charge in [0.1, 0.15) is 0 Å². The second-order valence-corrected chi connectivity index (χ2v) is 6.21. The zero-order valence-corrected chi connectivity index (χ0v) is 11.4. The van der Waals surface area contributed by atoms with E-state index in [0.717, 1.165) is 11.1 Å². The largest absolute Gasteiger partial charge is 0.343 e. The second-order valence-electron chi connectivity index (χ2n) is 4.41. The average molecular weight is 281 g/mol. The Morgan fingerprint density at radius 2 is 2.06 bits per heavy atom. The molecular weight excluding hydrogens is 268 g/mol. The molecule has 2 atom stereocenters. The third-order valence-corrected chi connectivity index (χ3v) is 4.82. The van der Waals surface area contributed by atoms with Gasteiger partial charge in [-0.15, -0.1) is 11.8 Å². The Morgan fingerprint density at radius 1 is 1.33 bits per heavy atom. The van der Waals surface area contributed by atoms with E-state index in [2.05, 4.69) is 17.6 Å². The van der Waals surface area contributed by atoms with Crippen molar-refractivity contribution in [1.82, 2.24) is 10.6 Å². The maximum absolute atomic E-state index is 12.0. The van der Waals surface area contributed by atoms with Gasteiger partial charge < -0.3 is 5.32 Å². The van der Waals surface area contributed by atoms with Crippen LogP contribution >= 0.6 is 23.4 Å². The van der Waals surface area contributed by atoms with Crippen molar-refractivity contribution in [3.05, 3.63) is 39.8 Å². The van der Waals surface area contributed by atoms with E-state index < -0.39 is 0 Å². The molecular formula is C13H13ClN2OS. The number of amides is 1. The first-order valence-electron chi connectivity index (χ1n) is 5.81. The van der Waals surface area contributed by atoms with Crippen LogP contribution in [0.1, 0.15) is 12.5 Å². The summed E-state index contributed by atoms with van der Waals surface area (Å²) in [6, 6.07) is 7.69. The maximum atomic E-state index is 12.0. The van der Waals surface area contributed by atoms with Crippen LogP contribution in [-0.2, 0) is 4.79 Å². The highest BCUT2D eigenvalue weighted by atomic mass is 35.5. The molecule has 5 heteroatoms. The van der Waals surface area contributed by atoms with E-state index in [0.29, 0.717) is 11.7 Å². The number of hydrogen-bond donors (Lipinski definition) is 2. The summed E-state index contributed by atoms with van der Waals surface area (Å²) >= 11 is 7.64. The SMILES string of the molecule is CC1=C(c2ccc(Cl)cc2)C2C(=O)NCNC2S1. The van der Waals surface area contributed by atoms with Crippen molar-refractivity contribution >= 4 is 34.8 Å². The van der Waals surface area contributed by atoms with Crippen molar-refractivity contribution < 1.29 is 4.79 Å². The Morgan fingerprint density at radius 3 is 2.78 bits per heavy atom. The Hall–Kier alpha value is -0.970. The van der Waals surface area contributed by atoms with E-state index in [1.165, 1.54) is 4.91 Å². The van der Waals surface area contributed by atoms with Crippen LogP contribution in [-0.4, -0.2) is 17.9 Å². The highest BCUT2D eigenvalue weighted by Gasteiger charge is 2.41. The van der Waals surface area contributed by atoms with Gasteiger partial charge in [0, 0.05) is 5.02 Å². The molecule has 0 aliphatic carbocycles. The topological polar surface area (TPSA) is 41.1 Å². The summed E-state index contributed by atoms with van der Waals surface area (Å²) < 4.78 is 0. The van der Waals surface area contributed by atoms with Crippen molar-refractivity contribution in [2.75, 3.05) is 6.67 Å². The van der Waals surface area contributed by atoms with Crippen LogP contribution < -0.4 is 10.6 Å². The summed E-state index contributed by atoms with van der Waals surface area (Å²) in [5.74, 6) is -0.00187. The molecule has 0 bridgehead atoms. The first-order valence-corrected chi connectivity index (χ1v) is 7.07. The molecule has 2 N–H and O–H groups in total. The normalized spacial score (nSPS) is 27.1. The molecule has 0 radical (unpaired) electrons. The van der Waals surface area contributed by atoms with Gasteiger partial charge in [-0.25, -0.2) is 0 Å². The molecule has 1 aromatic rings. The summed E-state index contributed by atoms with van der Waals surface area (Å²) in [6.07, 6.45) is 0. The third-order valence-electron chi connectivity index (χ3n) is 3.30. The van der Waals surface area contributed by atoms with Gasteiger partial charge in [0.2, 0.25) is 5.91 Å². The number of rotatable bonds is 1. The first kappa shape index (κ1) is 12.1. The number of fused-ring (bicyclic) bond motifs is 1. The van der Waals surface area contributed by atoms with Crippen molar-refractivity contribution in [1.29, 1.82) is 0 Å². The molecule has 2 unspecified atom stereocenters. The molecule has 1 saturated heterocycles. The number of allylic oxidation sites excluding steroid dienone is 1. The first-order chi connectivity index (χ1) is 8.66. The summed E-state index contributed by atoms with van der Waals surface area (Å²) in [7, 11) is 0. The monoisotopic (exact) mass is 280 g/mol. The number of carbonyl (C=O) groups is 1. The molecule has 94 valence electrons. The highest BCUT2D eigenvalue weighted by Crippen LogP contribution is 2.46. The molecule has 1 amide bonds. The predicted molar refractivity (Wildman–Crippen MR) is 75.1 cm³/mol. The summed E-state index contributed by atoms with van der Waals surface area (Å²) in [5.41, 5.74) is 2.20. The van der Waals surface area contributed by atoms with Crippen LogP contribution in [0, 0.1) is 5.92 Å². The van der Waals surface area contributed by atoms with E-state index >= 15 is 0 Å². The van der Waals surface area contributed by atoms with Crippen LogP contribution in [0.3, 0.4) is 0 Å². The van der Waals surface area contributed by atoms with Crippen molar-refractivity contribution in [3.63, 3.8) is 0 Å². The van der Waals surface area contributed by atoms with Gasteiger partial charge in [-0.1, -0.05) is 23.7 Å². The van der Waals surface area contributed by atoms with E-state index in [-0.39, 0.29) is 17.2 Å². The smallest absolute Gasteiger partial charge is 0.231 e. The van der Waals surface area contributed by atoms with Crippen LogP contribution in [0.4, 0.5) is 0 Å². The molecule has 2 aliphatic rings. The molecule has 2 heterocycles. The van der Waals surface area contributed by atoms with E-state index in [4.69, 9.17) is 11.6 Å². The number of benzene rings is 1.